The van der Waals surface area contributed by atoms with Gasteiger partial charge >= 0.3 is 5.97 Å². The molecule has 0 unspecified atom stereocenters. The minimum Gasteiger partial charge on any atom is -0.462 e. The van der Waals surface area contributed by atoms with Crippen LogP contribution in [0.3, 0.4) is 0 Å². The summed E-state index contributed by atoms with van der Waals surface area (Å²) < 4.78 is 4.96. The average Bonchev–Trinajstić information content (AvgIpc) is 2.72. The normalized spacial score (nSPS) is 15.1. The molecule has 1 aliphatic rings. The van der Waals surface area contributed by atoms with Gasteiger partial charge in [-0.1, -0.05) is 30.7 Å². The van der Waals surface area contributed by atoms with E-state index in [1.807, 2.05) is 24.3 Å². The van der Waals surface area contributed by atoms with E-state index >= 15 is 0 Å². The van der Waals surface area contributed by atoms with Crippen LogP contribution in [0.15, 0.2) is 42.5 Å². The number of hydrogen-bond donors (Lipinski definition) is 1. The standard InChI is InChI=1S/C23H27ClN2O3/c1-3-29-23(28)19-8-9-21(20(24)14-19)25-22(27)18-6-4-17(5-7-18)15-26-12-10-16(2)11-13-26/h4-9,14,16H,3,10-13,15H2,1-2H3,(H,25,27). The summed E-state index contributed by atoms with van der Waals surface area (Å²) >= 11 is 6.22. The molecule has 6 heteroatoms. The van der Waals surface area contributed by atoms with Gasteiger partial charge in [0.15, 0.2) is 0 Å². The van der Waals surface area contributed by atoms with Gasteiger partial charge in [-0.05, 0) is 74.7 Å². The van der Waals surface area contributed by atoms with Crippen molar-refractivity contribution < 1.29 is 14.3 Å². The molecule has 1 N–H and O–H groups in total. The number of nitrogens with zero attached hydrogens (tertiary/aromatic N) is 1. The first-order valence-electron chi connectivity index (χ1n) is 10.1. The van der Waals surface area contributed by atoms with E-state index in [9.17, 15) is 9.59 Å². The van der Waals surface area contributed by atoms with E-state index in [-0.39, 0.29) is 5.91 Å². The van der Waals surface area contributed by atoms with Crippen molar-refractivity contribution in [2.45, 2.75) is 33.2 Å². The SMILES string of the molecule is CCOC(=O)c1ccc(NC(=O)c2ccc(CN3CCC(C)CC3)cc2)c(Cl)c1. The maximum atomic E-state index is 12.6. The molecule has 2 aromatic rings. The zero-order valence-electron chi connectivity index (χ0n) is 16.9. The van der Waals surface area contributed by atoms with Gasteiger partial charge in [-0.3, -0.25) is 9.69 Å². The lowest BCUT2D eigenvalue weighted by molar-refractivity contribution is 0.0526. The molecule has 1 aliphatic heterocycles. The van der Waals surface area contributed by atoms with Crippen LogP contribution >= 0.6 is 11.6 Å². The largest absolute Gasteiger partial charge is 0.462 e. The zero-order valence-corrected chi connectivity index (χ0v) is 17.7. The van der Waals surface area contributed by atoms with Gasteiger partial charge in [0.1, 0.15) is 0 Å². The lowest BCUT2D eigenvalue weighted by atomic mass is 9.99. The van der Waals surface area contributed by atoms with Gasteiger partial charge in [-0.25, -0.2) is 4.79 Å². The van der Waals surface area contributed by atoms with Gasteiger partial charge in [0.2, 0.25) is 0 Å². The Labute approximate surface area is 177 Å². The van der Waals surface area contributed by atoms with Crippen molar-refractivity contribution in [2.75, 3.05) is 25.0 Å². The molecule has 0 aromatic heterocycles. The van der Waals surface area contributed by atoms with Gasteiger partial charge in [0.25, 0.3) is 5.91 Å². The molecular formula is C23H27ClN2O3. The lowest BCUT2D eigenvalue weighted by Gasteiger charge is -2.30. The topological polar surface area (TPSA) is 58.6 Å². The summed E-state index contributed by atoms with van der Waals surface area (Å²) in [4.78, 5) is 26.8. The van der Waals surface area contributed by atoms with Crippen LogP contribution in [0.25, 0.3) is 0 Å². The average molecular weight is 415 g/mol. The molecule has 0 aliphatic carbocycles. The number of amides is 1. The maximum Gasteiger partial charge on any atom is 0.338 e. The number of ether oxygens (including phenoxy) is 1. The first-order valence-corrected chi connectivity index (χ1v) is 10.4. The number of rotatable bonds is 6. The second kappa shape index (κ2) is 9.90. The molecule has 29 heavy (non-hydrogen) atoms. The Kier molecular flexibility index (Phi) is 7.29. The lowest BCUT2D eigenvalue weighted by Crippen LogP contribution is -2.32. The third-order valence-electron chi connectivity index (χ3n) is 5.23. The van der Waals surface area contributed by atoms with Gasteiger partial charge < -0.3 is 10.1 Å². The molecule has 0 saturated carbocycles. The second-order valence-electron chi connectivity index (χ2n) is 7.52. The van der Waals surface area contributed by atoms with Crippen LogP contribution in [-0.2, 0) is 11.3 Å². The van der Waals surface area contributed by atoms with Gasteiger partial charge in [-0.15, -0.1) is 0 Å². The highest BCUT2D eigenvalue weighted by Gasteiger charge is 2.16. The fourth-order valence-electron chi connectivity index (χ4n) is 3.39. The van der Waals surface area contributed by atoms with Crippen LogP contribution in [-0.4, -0.2) is 36.5 Å². The summed E-state index contributed by atoms with van der Waals surface area (Å²) in [5.41, 5.74) is 2.57. The molecular weight excluding hydrogens is 388 g/mol. The number of carbonyl (C=O) groups is 2. The summed E-state index contributed by atoms with van der Waals surface area (Å²) in [7, 11) is 0. The summed E-state index contributed by atoms with van der Waals surface area (Å²) in [5.74, 6) is 0.135. The molecule has 3 rings (SSSR count). The van der Waals surface area contributed by atoms with Crippen LogP contribution in [0.1, 0.15) is 53.0 Å². The highest BCUT2D eigenvalue weighted by molar-refractivity contribution is 6.34. The Bertz CT molecular complexity index is 859. The highest BCUT2D eigenvalue weighted by atomic mass is 35.5. The van der Waals surface area contributed by atoms with E-state index in [2.05, 4.69) is 17.1 Å². The molecule has 0 atom stereocenters. The summed E-state index contributed by atoms with van der Waals surface area (Å²) in [6.07, 6.45) is 2.49. The molecule has 1 fully saturated rings. The van der Waals surface area contributed by atoms with Crippen molar-refractivity contribution >= 4 is 29.2 Å². The fourth-order valence-corrected chi connectivity index (χ4v) is 3.62. The van der Waals surface area contributed by atoms with Crippen LogP contribution in [0.2, 0.25) is 5.02 Å². The summed E-state index contributed by atoms with van der Waals surface area (Å²) in [6, 6.07) is 12.4. The predicted molar refractivity (Wildman–Crippen MR) is 115 cm³/mol. The quantitative estimate of drug-likeness (QED) is 0.675. The fraction of sp³-hybridized carbons (Fsp3) is 0.391. The zero-order chi connectivity index (χ0) is 20.8. The number of hydrogen-bond acceptors (Lipinski definition) is 4. The number of esters is 1. The van der Waals surface area contributed by atoms with Gasteiger partial charge in [-0.2, -0.15) is 0 Å². The Morgan fingerprint density at radius 3 is 2.38 bits per heavy atom. The molecule has 1 heterocycles. The Balaban J connectivity index is 1.60. The molecule has 154 valence electrons. The van der Waals surface area contributed by atoms with E-state index in [1.165, 1.54) is 24.5 Å². The summed E-state index contributed by atoms with van der Waals surface area (Å²) in [6.45, 7) is 7.51. The maximum absolute atomic E-state index is 12.6. The number of nitrogens with one attached hydrogen (secondary N) is 1. The van der Waals surface area contributed by atoms with E-state index < -0.39 is 5.97 Å². The number of benzene rings is 2. The van der Waals surface area contributed by atoms with Crippen molar-refractivity contribution in [1.82, 2.24) is 4.90 Å². The van der Waals surface area contributed by atoms with E-state index in [0.717, 1.165) is 25.6 Å². The van der Waals surface area contributed by atoms with Crippen molar-refractivity contribution in [3.05, 3.63) is 64.2 Å². The second-order valence-corrected chi connectivity index (χ2v) is 7.93. The van der Waals surface area contributed by atoms with E-state index in [4.69, 9.17) is 16.3 Å². The molecule has 1 saturated heterocycles. The van der Waals surface area contributed by atoms with E-state index in [0.29, 0.717) is 28.4 Å². The highest BCUT2D eigenvalue weighted by Crippen LogP contribution is 2.24. The van der Waals surface area contributed by atoms with Gasteiger partial charge in [0, 0.05) is 12.1 Å². The van der Waals surface area contributed by atoms with Crippen molar-refractivity contribution in [3.63, 3.8) is 0 Å². The van der Waals surface area contributed by atoms with Gasteiger partial charge in [0.05, 0.1) is 22.9 Å². The Morgan fingerprint density at radius 1 is 1.10 bits per heavy atom. The molecule has 0 bridgehead atoms. The van der Waals surface area contributed by atoms with E-state index in [1.54, 1.807) is 19.1 Å². The third kappa shape index (κ3) is 5.81. The Hall–Kier alpha value is -2.37. The Morgan fingerprint density at radius 2 is 1.76 bits per heavy atom. The minimum absolute atomic E-state index is 0.242. The van der Waals surface area contributed by atoms with Crippen molar-refractivity contribution in [2.24, 2.45) is 5.92 Å². The van der Waals surface area contributed by atoms with Crippen LogP contribution in [0.4, 0.5) is 5.69 Å². The first-order chi connectivity index (χ1) is 14.0. The number of anilines is 1. The minimum atomic E-state index is -0.439. The monoisotopic (exact) mass is 414 g/mol. The van der Waals surface area contributed by atoms with Crippen molar-refractivity contribution in [1.29, 1.82) is 0 Å². The molecule has 5 nitrogen and oxygen atoms in total. The molecule has 2 aromatic carbocycles. The number of halogens is 1. The van der Waals surface area contributed by atoms with Crippen LogP contribution < -0.4 is 5.32 Å². The first kappa shape index (κ1) is 21.3. The molecule has 0 spiro atoms. The number of piperidine rings is 1. The van der Waals surface area contributed by atoms with Crippen LogP contribution in [0.5, 0.6) is 0 Å². The smallest absolute Gasteiger partial charge is 0.338 e. The molecule has 1 amide bonds. The molecule has 0 radical (unpaired) electrons. The van der Waals surface area contributed by atoms with Crippen molar-refractivity contribution in [3.8, 4) is 0 Å². The summed E-state index contributed by atoms with van der Waals surface area (Å²) in [5, 5.41) is 3.09. The predicted octanol–water partition coefficient (Wildman–Crippen LogP) is 5.00. The van der Waals surface area contributed by atoms with Crippen LogP contribution in [0, 0.1) is 5.92 Å². The number of carbonyl (C=O) groups excluding carboxylic acids is 2. The third-order valence-corrected chi connectivity index (χ3v) is 5.54. The number of likely N-dealkylation sites (tertiary alicyclic amines) is 1.